The van der Waals surface area contributed by atoms with Gasteiger partial charge in [0.15, 0.2) is 0 Å². The summed E-state index contributed by atoms with van der Waals surface area (Å²) in [5.74, 6) is -0.348. The molecule has 2 unspecified atom stereocenters. The molecule has 0 radical (unpaired) electrons. The van der Waals surface area contributed by atoms with Crippen LogP contribution in [0.3, 0.4) is 0 Å². The highest BCUT2D eigenvalue weighted by Gasteiger charge is 2.41. The zero-order valence-electron chi connectivity index (χ0n) is 18.0. The van der Waals surface area contributed by atoms with Gasteiger partial charge >= 0.3 is 0 Å². The molecule has 0 saturated carbocycles. The second-order valence-corrected chi connectivity index (χ2v) is 12.3. The minimum absolute atomic E-state index is 0.222. The zero-order chi connectivity index (χ0) is 22.3. The summed E-state index contributed by atoms with van der Waals surface area (Å²) in [6.07, 6.45) is 3.56. The Bertz CT molecular complexity index is 1010. The summed E-state index contributed by atoms with van der Waals surface area (Å²) in [7, 11) is -7.14. The van der Waals surface area contributed by atoms with Gasteiger partial charge in [0, 0.05) is 25.7 Å². The van der Waals surface area contributed by atoms with Gasteiger partial charge < -0.3 is 5.32 Å². The van der Waals surface area contributed by atoms with E-state index in [9.17, 15) is 21.6 Å². The predicted octanol–water partition coefficient (Wildman–Crippen LogP) is 1.31. The van der Waals surface area contributed by atoms with E-state index < -0.39 is 26.1 Å². The fourth-order valence-corrected chi connectivity index (χ4v) is 7.62. The van der Waals surface area contributed by atoms with Crippen molar-refractivity contribution in [1.82, 2.24) is 13.9 Å². The van der Waals surface area contributed by atoms with Crippen LogP contribution in [0.4, 0.5) is 0 Å². The van der Waals surface area contributed by atoms with Crippen LogP contribution in [0.15, 0.2) is 17.0 Å². The van der Waals surface area contributed by atoms with Crippen molar-refractivity contribution in [3.63, 3.8) is 0 Å². The highest BCUT2D eigenvalue weighted by molar-refractivity contribution is 7.89. The number of piperidine rings is 1. The second kappa shape index (κ2) is 8.57. The molecule has 3 rings (SSSR count). The number of aryl methyl sites for hydroxylation is 3. The van der Waals surface area contributed by atoms with Gasteiger partial charge in [-0.3, -0.25) is 4.79 Å². The molecule has 0 aliphatic carbocycles. The first-order valence-electron chi connectivity index (χ1n) is 10.3. The average molecular weight is 458 g/mol. The van der Waals surface area contributed by atoms with Crippen LogP contribution in [-0.2, 0) is 24.8 Å². The van der Waals surface area contributed by atoms with Gasteiger partial charge in [0.2, 0.25) is 26.0 Å². The molecule has 0 bridgehead atoms. The Balaban J connectivity index is 1.79. The van der Waals surface area contributed by atoms with E-state index in [0.29, 0.717) is 49.9 Å². The number of hydrogen-bond donors (Lipinski definition) is 1. The smallest absolute Gasteiger partial charge is 0.244 e. The number of sulfonamides is 2. The van der Waals surface area contributed by atoms with Gasteiger partial charge in [-0.25, -0.2) is 21.1 Å². The molecule has 10 heteroatoms. The number of carbonyl (C=O) groups is 1. The number of nitrogens with one attached hydrogen (secondary N) is 1. The van der Waals surface area contributed by atoms with E-state index in [1.165, 1.54) is 8.61 Å². The highest BCUT2D eigenvalue weighted by atomic mass is 32.2. The van der Waals surface area contributed by atoms with Crippen molar-refractivity contribution in [3.05, 3.63) is 28.8 Å². The maximum Gasteiger partial charge on any atom is 0.244 e. The van der Waals surface area contributed by atoms with Crippen LogP contribution < -0.4 is 5.32 Å². The zero-order valence-corrected chi connectivity index (χ0v) is 19.6. The average Bonchev–Trinajstić information content (AvgIpc) is 3.11. The summed E-state index contributed by atoms with van der Waals surface area (Å²) >= 11 is 0. The summed E-state index contributed by atoms with van der Waals surface area (Å²) in [5.41, 5.74) is 2.34. The minimum atomic E-state index is -3.82. The topological polar surface area (TPSA) is 104 Å². The van der Waals surface area contributed by atoms with Crippen molar-refractivity contribution < 1.29 is 21.6 Å². The van der Waals surface area contributed by atoms with E-state index in [1.807, 2.05) is 19.1 Å². The monoisotopic (exact) mass is 457 g/mol. The van der Waals surface area contributed by atoms with Crippen molar-refractivity contribution in [2.75, 3.05) is 25.9 Å². The van der Waals surface area contributed by atoms with E-state index in [0.717, 1.165) is 11.8 Å². The largest absolute Gasteiger partial charge is 0.351 e. The number of nitrogens with zero attached hydrogens (tertiary/aromatic N) is 2. The number of hydrogen-bond acceptors (Lipinski definition) is 5. The lowest BCUT2D eigenvalue weighted by Crippen LogP contribution is -2.54. The lowest BCUT2D eigenvalue weighted by atomic mass is 10.1. The van der Waals surface area contributed by atoms with Gasteiger partial charge in [-0.1, -0.05) is 17.7 Å². The van der Waals surface area contributed by atoms with E-state index >= 15 is 0 Å². The summed E-state index contributed by atoms with van der Waals surface area (Å²) in [6.45, 7) is 6.45. The summed E-state index contributed by atoms with van der Waals surface area (Å²) in [5, 5.41) is 2.90. The fourth-order valence-electron chi connectivity index (χ4n) is 4.64. The molecule has 2 aliphatic rings. The van der Waals surface area contributed by atoms with Gasteiger partial charge in [0.05, 0.1) is 11.2 Å². The van der Waals surface area contributed by atoms with Crippen LogP contribution in [0.1, 0.15) is 42.4 Å². The maximum atomic E-state index is 13.4. The molecule has 1 aromatic rings. The SMILES string of the molecule is Cc1cc(C)c(S(=O)(=O)N2CCCC2C(=O)NC2CCCN(S(C)(=O)=O)C2)c(C)c1. The van der Waals surface area contributed by atoms with Crippen LogP contribution in [0, 0.1) is 20.8 Å². The molecular formula is C20H31N3O5S2. The van der Waals surface area contributed by atoms with E-state index in [1.54, 1.807) is 13.8 Å². The molecule has 0 spiro atoms. The van der Waals surface area contributed by atoms with E-state index in [2.05, 4.69) is 5.32 Å². The van der Waals surface area contributed by atoms with Crippen molar-refractivity contribution >= 4 is 26.0 Å². The molecule has 1 N–H and O–H groups in total. The van der Waals surface area contributed by atoms with Gasteiger partial charge in [0.25, 0.3) is 0 Å². The quantitative estimate of drug-likeness (QED) is 0.718. The number of carbonyl (C=O) groups excluding carboxylic acids is 1. The summed E-state index contributed by atoms with van der Waals surface area (Å²) in [6, 6.07) is 2.59. The Kier molecular flexibility index (Phi) is 6.62. The van der Waals surface area contributed by atoms with Gasteiger partial charge in [0.1, 0.15) is 6.04 Å². The van der Waals surface area contributed by atoms with E-state index in [4.69, 9.17) is 0 Å². The molecule has 2 saturated heterocycles. The molecule has 30 heavy (non-hydrogen) atoms. The van der Waals surface area contributed by atoms with Crippen molar-refractivity contribution in [2.24, 2.45) is 0 Å². The van der Waals surface area contributed by atoms with Crippen LogP contribution in [-0.4, -0.2) is 69.3 Å². The third-order valence-corrected chi connectivity index (χ3v) is 9.36. The summed E-state index contributed by atoms with van der Waals surface area (Å²) in [4.78, 5) is 13.3. The van der Waals surface area contributed by atoms with Crippen LogP contribution in [0.25, 0.3) is 0 Å². The number of rotatable bonds is 5. The van der Waals surface area contributed by atoms with Crippen LogP contribution in [0.2, 0.25) is 0 Å². The molecule has 2 aliphatic heterocycles. The Morgan fingerprint density at radius 3 is 2.20 bits per heavy atom. The fraction of sp³-hybridized carbons (Fsp3) is 0.650. The van der Waals surface area contributed by atoms with Crippen molar-refractivity contribution in [3.8, 4) is 0 Å². The maximum absolute atomic E-state index is 13.4. The van der Waals surface area contributed by atoms with Crippen molar-refractivity contribution in [2.45, 2.75) is 63.4 Å². The molecule has 0 aromatic heterocycles. The number of benzene rings is 1. The first-order chi connectivity index (χ1) is 13.9. The molecule has 1 amide bonds. The van der Waals surface area contributed by atoms with Gasteiger partial charge in [-0.15, -0.1) is 0 Å². The highest BCUT2D eigenvalue weighted by Crippen LogP contribution is 2.31. The molecule has 2 atom stereocenters. The van der Waals surface area contributed by atoms with E-state index in [-0.39, 0.29) is 23.4 Å². The molecule has 2 heterocycles. The first-order valence-corrected chi connectivity index (χ1v) is 13.6. The second-order valence-electron chi connectivity index (χ2n) is 8.47. The molecule has 8 nitrogen and oxygen atoms in total. The lowest BCUT2D eigenvalue weighted by molar-refractivity contribution is -0.125. The Morgan fingerprint density at radius 1 is 1.00 bits per heavy atom. The Labute approximate surface area is 179 Å². The molecule has 168 valence electrons. The number of amides is 1. The van der Waals surface area contributed by atoms with Crippen molar-refractivity contribution in [1.29, 1.82) is 0 Å². The molecular weight excluding hydrogens is 426 g/mol. The predicted molar refractivity (Wildman–Crippen MR) is 115 cm³/mol. The van der Waals surface area contributed by atoms with Crippen LogP contribution in [0.5, 0.6) is 0 Å². The standard InChI is InChI=1S/C20H31N3O5S2/c1-14-11-15(2)19(16(3)12-14)30(27,28)23-10-6-8-18(23)20(24)21-17-7-5-9-22(13-17)29(4,25)26/h11-12,17-18H,5-10,13H2,1-4H3,(H,21,24). The van der Waals surface area contributed by atoms with Gasteiger partial charge in [-0.2, -0.15) is 4.31 Å². The third-order valence-electron chi connectivity index (χ3n) is 5.88. The van der Waals surface area contributed by atoms with Gasteiger partial charge in [-0.05, 0) is 57.6 Å². The minimum Gasteiger partial charge on any atom is -0.351 e. The summed E-state index contributed by atoms with van der Waals surface area (Å²) < 4.78 is 53.2. The van der Waals surface area contributed by atoms with Crippen LogP contribution >= 0.6 is 0 Å². The Morgan fingerprint density at radius 2 is 1.60 bits per heavy atom. The molecule has 1 aromatic carbocycles. The first kappa shape index (κ1) is 23.2. The third kappa shape index (κ3) is 4.71. The molecule has 2 fully saturated rings. The lowest BCUT2D eigenvalue weighted by Gasteiger charge is -2.33. The Hall–Kier alpha value is -1.49. The normalized spacial score (nSPS) is 24.1.